The molecule has 0 spiro atoms. The van der Waals surface area contributed by atoms with Crippen molar-refractivity contribution in [2.45, 2.75) is 26.4 Å². The Bertz CT molecular complexity index is 890. The van der Waals surface area contributed by atoms with Gasteiger partial charge in [0.25, 0.3) is 0 Å². The van der Waals surface area contributed by atoms with Crippen LogP contribution in [0.15, 0.2) is 48.5 Å². The van der Waals surface area contributed by atoms with E-state index in [0.717, 1.165) is 12.1 Å². The van der Waals surface area contributed by atoms with E-state index >= 15 is 0 Å². The summed E-state index contributed by atoms with van der Waals surface area (Å²) in [4.78, 5) is 35.6. The van der Waals surface area contributed by atoms with Crippen molar-refractivity contribution in [3.63, 3.8) is 0 Å². The largest absolute Gasteiger partial charge is 0.457 e. The first-order chi connectivity index (χ1) is 13.6. The summed E-state index contributed by atoms with van der Waals surface area (Å²) < 4.78 is 43.0. The van der Waals surface area contributed by atoms with Crippen molar-refractivity contribution in [2.24, 2.45) is 5.92 Å². The predicted molar refractivity (Wildman–Crippen MR) is 100 cm³/mol. The van der Waals surface area contributed by atoms with Crippen LogP contribution in [0.25, 0.3) is 0 Å². The van der Waals surface area contributed by atoms with Gasteiger partial charge in [0.2, 0.25) is 5.91 Å². The average Bonchev–Trinajstić information content (AvgIpc) is 2.66. The van der Waals surface area contributed by atoms with Gasteiger partial charge in [-0.3, -0.25) is 14.4 Å². The number of hydrogen-bond donors (Lipinski definition) is 1. The first-order valence-electron chi connectivity index (χ1n) is 8.82. The van der Waals surface area contributed by atoms with Crippen molar-refractivity contribution in [3.8, 4) is 0 Å². The lowest BCUT2D eigenvalue weighted by molar-refractivity contribution is -0.142. The van der Waals surface area contributed by atoms with Crippen molar-refractivity contribution in [3.05, 3.63) is 65.2 Å². The number of anilines is 1. The molecule has 0 radical (unpaired) electrons. The van der Waals surface area contributed by atoms with Crippen LogP contribution in [-0.2, 0) is 26.9 Å². The molecule has 0 unspecified atom stereocenters. The zero-order chi connectivity index (χ0) is 21.6. The third-order valence-electron chi connectivity index (χ3n) is 3.97. The van der Waals surface area contributed by atoms with E-state index in [-0.39, 0.29) is 29.4 Å². The van der Waals surface area contributed by atoms with Crippen LogP contribution in [0.1, 0.15) is 35.3 Å². The lowest BCUT2D eigenvalue weighted by Gasteiger charge is -2.09. The quantitative estimate of drug-likeness (QED) is 0.550. The van der Waals surface area contributed by atoms with Gasteiger partial charge in [-0.1, -0.05) is 32.0 Å². The van der Waals surface area contributed by atoms with Gasteiger partial charge >= 0.3 is 12.1 Å². The monoisotopic (exact) mass is 407 g/mol. The molecule has 0 bridgehead atoms. The number of alkyl halides is 3. The molecule has 1 N–H and O–H groups in total. The van der Waals surface area contributed by atoms with Gasteiger partial charge in [-0.2, -0.15) is 13.2 Å². The van der Waals surface area contributed by atoms with Crippen LogP contribution in [0.3, 0.4) is 0 Å². The van der Waals surface area contributed by atoms with E-state index in [9.17, 15) is 27.6 Å². The number of carbonyl (C=O) groups excluding carboxylic acids is 3. The molecular formula is C21H20F3NO4. The Balaban J connectivity index is 1.89. The minimum atomic E-state index is -4.50. The van der Waals surface area contributed by atoms with E-state index in [1.54, 1.807) is 26.0 Å². The normalized spacial score (nSPS) is 11.2. The first-order valence-corrected chi connectivity index (χ1v) is 8.82. The molecule has 0 aliphatic carbocycles. The number of nitrogens with one attached hydrogen (secondary N) is 1. The van der Waals surface area contributed by atoms with Gasteiger partial charge in [-0.05, 0) is 35.9 Å². The third-order valence-corrected chi connectivity index (χ3v) is 3.97. The Morgan fingerprint density at radius 2 is 1.69 bits per heavy atom. The summed E-state index contributed by atoms with van der Waals surface area (Å²) in [5.41, 5.74) is 0.0900. The predicted octanol–water partition coefficient (Wildman–Crippen LogP) is 4.27. The highest BCUT2D eigenvalue weighted by Gasteiger charge is 2.30. The number of hydrogen-bond acceptors (Lipinski definition) is 4. The first kappa shape index (κ1) is 22.1. The topological polar surface area (TPSA) is 72.5 Å². The lowest BCUT2D eigenvalue weighted by atomic mass is 10.1. The van der Waals surface area contributed by atoms with Crippen LogP contribution >= 0.6 is 0 Å². The molecule has 2 aromatic carbocycles. The molecule has 0 heterocycles. The Labute approximate surface area is 165 Å². The number of esters is 1. The highest BCUT2D eigenvalue weighted by Crippen LogP contribution is 2.29. The Kier molecular flexibility index (Phi) is 7.14. The van der Waals surface area contributed by atoms with Gasteiger partial charge in [0.15, 0.2) is 12.4 Å². The summed E-state index contributed by atoms with van der Waals surface area (Å²) >= 11 is 0. The van der Waals surface area contributed by atoms with Gasteiger partial charge in [-0.15, -0.1) is 0 Å². The fourth-order valence-electron chi connectivity index (χ4n) is 2.33. The highest BCUT2D eigenvalue weighted by atomic mass is 19.4. The van der Waals surface area contributed by atoms with Crippen LogP contribution < -0.4 is 5.32 Å². The molecule has 0 aliphatic heterocycles. The van der Waals surface area contributed by atoms with Gasteiger partial charge in [0.1, 0.15) is 0 Å². The van der Waals surface area contributed by atoms with Crippen LogP contribution in [0.2, 0.25) is 0 Å². The zero-order valence-electron chi connectivity index (χ0n) is 15.9. The number of benzene rings is 2. The van der Waals surface area contributed by atoms with Crippen molar-refractivity contribution in [2.75, 3.05) is 11.9 Å². The molecule has 0 saturated heterocycles. The second kappa shape index (κ2) is 9.36. The van der Waals surface area contributed by atoms with Gasteiger partial charge in [0.05, 0.1) is 12.0 Å². The summed E-state index contributed by atoms with van der Waals surface area (Å²) in [6.45, 7) is 2.97. The van der Waals surface area contributed by atoms with E-state index in [4.69, 9.17) is 4.74 Å². The molecule has 0 aliphatic rings. The third kappa shape index (κ3) is 6.74. The highest BCUT2D eigenvalue weighted by molar-refractivity contribution is 5.99. The molecule has 0 atom stereocenters. The number of rotatable bonds is 7. The van der Waals surface area contributed by atoms with E-state index in [1.165, 1.54) is 24.3 Å². The summed E-state index contributed by atoms with van der Waals surface area (Å²) in [7, 11) is 0. The number of Topliss-reactive ketones (excluding diaryl/α,β-unsaturated/α-hetero) is 1. The van der Waals surface area contributed by atoms with E-state index in [1.807, 2.05) is 0 Å². The average molecular weight is 407 g/mol. The minimum Gasteiger partial charge on any atom is -0.457 e. The minimum absolute atomic E-state index is 0.141. The maximum atomic E-state index is 12.7. The SMILES string of the molecule is CC(C)C(=O)Nc1ccc(C(=O)COC(=O)Cc2cccc(C(F)(F)F)c2)cc1. The zero-order valence-corrected chi connectivity index (χ0v) is 15.9. The maximum absolute atomic E-state index is 12.7. The second-order valence-electron chi connectivity index (χ2n) is 6.68. The molecule has 8 heteroatoms. The van der Waals surface area contributed by atoms with E-state index in [2.05, 4.69) is 5.32 Å². The molecule has 2 aromatic rings. The number of ether oxygens (including phenoxy) is 1. The fourth-order valence-corrected chi connectivity index (χ4v) is 2.33. The lowest BCUT2D eigenvalue weighted by Crippen LogP contribution is -2.18. The van der Waals surface area contributed by atoms with Crippen LogP contribution in [0.5, 0.6) is 0 Å². The summed E-state index contributed by atoms with van der Waals surface area (Å²) in [5.74, 6) is -1.62. The van der Waals surface area contributed by atoms with Gasteiger partial charge in [0, 0.05) is 17.2 Å². The summed E-state index contributed by atoms with van der Waals surface area (Å²) in [6, 6.07) is 10.4. The molecule has 1 amide bonds. The van der Waals surface area contributed by atoms with E-state index in [0.29, 0.717) is 5.69 Å². The molecule has 5 nitrogen and oxygen atoms in total. The van der Waals surface area contributed by atoms with Crippen LogP contribution in [0.4, 0.5) is 18.9 Å². The molecule has 29 heavy (non-hydrogen) atoms. The second-order valence-corrected chi connectivity index (χ2v) is 6.68. The van der Waals surface area contributed by atoms with Crippen molar-refractivity contribution >= 4 is 23.3 Å². The molecule has 0 fully saturated rings. The number of amides is 1. The standard InChI is InChI=1S/C21H20F3NO4/c1-13(2)20(28)25-17-8-6-15(7-9-17)18(26)12-29-19(27)11-14-4-3-5-16(10-14)21(22,23)24/h3-10,13H,11-12H2,1-2H3,(H,25,28). The number of halogens is 3. The molecule has 0 aromatic heterocycles. The number of ketones is 1. The van der Waals surface area contributed by atoms with E-state index < -0.39 is 30.1 Å². The molecule has 154 valence electrons. The maximum Gasteiger partial charge on any atom is 0.416 e. The van der Waals surface area contributed by atoms with Gasteiger partial charge in [-0.25, -0.2) is 0 Å². The Hall–Kier alpha value is -3.16. The number of carbonyl (C=O) groups is 3. The Morgan fingerprint density at radius 3 is 2.28 bits per heavy atom. The summed E-state index contributed by atoms with van der Waals surface area (Å²) in [5, 5.41) is 2.68. The smallest absolute Gasteiger partial charge is 0.416 e. The molecule has 2 rings (SSSR count). The summed E-state index contributed by atoms with van der Waals surface area (Å²) in [6.07, 6.45) is -4.88. The fraction of sp³-hybridized carbons (Fsp3) is 0.286. The van der Waals surface area contributed by atoms with Crippen LogP contribution in [0, 0.1) is 5.92 Å². The van der Waals surface area contributed by atoms with Gasteiger partial charge < -0.3 is 10.1 Å². The van der Waals surface area contributed by atoms with Crippen molar-refractivity contribution in [1.82, 2.24) is 0 Å². The molecular weight excluding hydrogens is 387 g/mol. The Morgan fingerprint density at radius 1 is 1.03 bits per heavy atom. The molecule has 0 saturated carbocycles. The van der Waals surface area contributed by atoms with Crippen LogP contribution in [-0.4, -0.2) is 24.3 Å². The van der Waals surface area contributed by atoms with Crippen molar-refractivity contribution in [1.29, 1.82) is 0 Å². The van der Waals surface area contributed by atoms with Crippen molar-refractivity contribution < 1.29 is 32.3 Å².